The Hall–Kier alpha value is -1.42. The van der Waals surface area contributed by atoms with Crippen molar-refractivity contribution in [2.24, 2.45) is 5.92 Å². The summed E-state index contributed by atoms with van der Waals surface area (Å²) in [6.45, 7) is 4.09. The average Bonchev–Trinajstić information content (AvgIpc) is 2.59. The maximum atomic E-state index is 12.0. The molecule has 2 aliphatic rings. The molecule has 0 bridgehead atoms. The first-order valence-electron chi connectivity index (χ1n) is 5.83. The van der Waals surface area contributed by atoms with Crippen LogP contribution in [0.3, 0.4) is 0 Å². The zero-order chi connectivity index (χ0) is 12.3. The summed E-state index contributed by atoms with van der Waals surface area (Å²) in [6.07, 6.45) is 11.2. The van der Waals surface area contributed by atoms with Crippen molar-refractivity contribution in [3.8, 4) is 0 Å². The molecule has 1 heterocycles. The van der Waals surface area contributed by atoms with E-state index in [1.807, 2.05) is 6.08 Å². The van der Waals surface area contributed by atoms with Crippen molar-refractivity contribution < 1.29 is 4.79 Å². The summed E-state index contributed by atoms with van der Waals surface area (Å²) in [5.74, 6) is 0.405. The molecule has 1 aliphatic heterocycles. The molecule has 0 aromatic carbocycles. The number of hydrogen-bond donors (Lipinski definition) is 1. The van der Waals surface area contributed by atoms with Gasteiger partial charge >= 0.3 is 0 Å². The third-order valence-corrected chi connectivity index (χ3v) is 3.31. The summed E-state index contributed by atoms with van der Waals surface area (Å²) in [5.41, 5.74) is 0.622. The minimum atomic E-state index is -0.0375. The number of rotatable bonds is 3. The molecule has 1 amide bonds. The molecule has 3 nitrogen and oxygen atoms in total. The molecular formula is C13H16N2OS. The van der Waals surface area contributed by atoms with E-state index in [2.05, 4.69) is 24.0 Å². The van der Waals surface area contributed by atoms with Crippen LogP contribution in [0.5, 0.6) is 0 Å². The van der Waals surface area contributed by atoms with Crippen LogP contribution in [0, 0.1) is 5.92 Å². The van der Waals surface area contributed by atoms with Gasteiger partial charge in [-0.3, -0.25) is 9.69 Å². The normalized spacial score (nSPS) is 26.5. The number of amides is 1. The SMILES string of the molecule is C=CCN1C(=O)/C(=C/C2CC=CCC2)NC1=S. The van der Waals surface area contributed by atoms with Gasteiger partial charge in [0.1, 0.15) is 5.70 Å². The fourth-order valence-corrected chi connectivity index (χ4v) is 2.35. The lowest BCUT2D eigenvalue weighted by Gasteiger charge is -2.13. The Morgan fingerprint density at radius 1 is 1.59 bits per heavy atom. The van der Waals surface area contributed by atoms with Crippen molar-refractivity contribution in [3.63, 3.8) is 0 Å². The minimum absolute atomic E-state index is 0.0375. The van der Waals surface area contributed by atoms with E-state index in [9.17, 15) is 4.79 Å². The predicted octanol–water partition coefficient (Wildman–Crippen LogP) is 2.13. The minimum Gasteiger partial charge on any atom is -0.328 e. The summed E-state index contributed by atoms with van der Waals surface area (Å²) in [7, 11) is 0. The van der Waals surface area contributed by atoms with E-state index in [1.54, 1.807) is 6.08 Å². The van der Waals surface area contributed by atoms with Crippen LogP contribution < -0.4 is 5.32 Å². The standard InChI is InChI=1S/C13H16N2OS/c1-2-8-15-12(16)11(14-13(15)17)9-10-6-4-3-5-7-10/h2-4,9-10H,1,5-8H2,(H,14,17)/b11-9-. The van der Waals surface area contributed by atoms with Crippen LogP contribution in [0.4, 0.5) is 0 Å². The van der Waals surface area contributed by atoms with Gasteiger partial charge in [-0.2, -0.15) is 0 Å². The van der Waals surface area contributed by atoms with Crippen molar-refractivity contribution in [2.75, 3.05) is 6.54 Å². The van der Waals surface area contributed by atoms with Crippen molar-refractivity contribution in [2.45, 2.75) is 19.3 Å². The Morgan fingerprint density at radius 2 is 2.41 bits per heavy atom. The van der Waals surface area contributed by atoms with Gasteiger partial charge in [-0.15, -0.1) is 6.58 Å². The molecule has 0 aromatic heterocycles. The topological polar surface area (TPSA) is 32.3 Å². The molecule has 2 rings (SSSR count). The molecule has 0 saturated carbocycles. The van der Waals surface area contributed by atoms with E-state index in [-0.39, 0.29) is 5.91 Å². The van der Waals surface area contributed by atoms with Gasteiger partial charge in [-0.25, -0.2) is 0 Å². The molecule has 1 aliphatic carbocycles. The quantitative estimate of drug-likeness (QED) is 0.472. The van der Waals surface area contributed by atoms with Crippen LogP contribution in [0.25, 0.3) is 0 Å². The summed E-state index contributed by atoms with van der Waals surface area (Å²) in [5, 5.41) is 3.46. The molecule has 1 N–H and O–H groups in total. The van der Waals surface area contributed by atoms with Crippen molar-refractivity contribution in [1.29, 1.82) is 0 Å². The maximum Gasteiger partial charge on any atom is 0.276 e. The van der Waals surface area contributed by atoms with E-state index >= 15 is 0 Å². The van der Waals surface area contributed by atoms with Crippen LogP contribution in [0.2, 0.25) is 0 Å². The Morgan fingerprint density at radius 3 is 3.06 bits per heavy atom. The largest absolute Gasteiger partial charge is 0.328 e. The number of carbonyl (C=O) groups is 1. The monoisotopic (exact) mass is 248 g/mol. The Bertz CT molecular complexity index is 412. The summed E-state index contributed by atoms with van der Waals surface area (Å²) >= 11 is 5.12. The zero-order valence-corrected chi connectivity index (χ0v) is 10.5. The van der Waals surface area contributed by atoms with Gasteiger partial charge in [0, 0.05) is 6.54 Å². The predicted molar refractivity (Wildman–Crippen MR) is 72.2 cm³/mol. The highest BCUT2D eigenvalue weighted by molar-refractivity contribution is 7.80. The van der Waals surface area contributed by atoms with E-state index in [0.29, 0.717) is 23.3 Å². The molecule has 1 atom stereocenters. The molecule has 1 fully saturated rings. The first-order valence-corrected chi connectivity index (χ1v) is 6.23. The van der Waals surface area contributed by atoms with Gasteiger partial charge in [0.15, 0.2) is 5.11 Å². The van der Waals surface area contributed by atoms with E-state index < -0.39 is 0 Å². The highest BCUT2D eigenvalue weighted by Crippen LogP contribution is 2.22. The lowest BCUT2D eigenvalue weighted by molar-refractivity contribution is -0.122. The highest BCUT2D eigenvalue weighted by Gasteiger charge is 2.30. The van der Waals surface area contributed by atoms with Crippen LogP contribution in [0.15, 0.2) is 36.6 Å². The summed E-state index contributed by atoms with van der Waals surface area (Å²) in [6, 6.07) is 0. The Kier molecular flexibility index (Phi) is 3.74. The molecule has 90 valence electrons. The number of thiocarbonyl (C=S) groups is 1. The number of allylic oxidation sites excluding steroid dienone is 3. The van der Waals surface area contributed by atoms with Crippen LogP contribution in [-0.4, -0.2) is 22.5 Å². The van der Waals surface area contributed by atoms with Gasteiger partial charge in [0.05, 0.1) is 0 Å². The van der Waals surface area contributed by atoms with E-state index in [4.69, 9.17) is 12.2 Å². The molecular weight excluding hydrogens is 232 g/mol. The highest BCUT2D eigenvalue weighted by atomic mass is 32.1. The van der Waals surface area contributed by atoms with Crippen molar-refractivity contribution in [3.05, 3.63) is 36.6 Å². The zero-order valence-electron chi connectivity index (χ0n) is 9.69. The molecule has 4 heteroatoms. The number of nitrogens with one attached hydrogen (secondary N) is 1. The second-order valence-corrected chi connectivity index (χ2v) is 4.65. The van der Waals surface area contributed by atoms with Gasteiger partial charge in [0.2, 0.25) is 0 Å². The number of carbonyl (C=O) groups excluding carboxylic acids is 1. The average molecular weight is 248 g/mol. The third kappa shape index (κ3) is 2.64. The second kappa shape index (κ2) is 5.27. The second-order valence-electron chi connectivity index (χ2n) is 4.26. The Labute approximate surface area is 107 Å². The lowest BCUT2D eigenvalue weighted by Crippen LogP contribution is -2.30. The van der Waals surface area contributed by atoms with Crippen molar-refractivity contribution >= 4 is 23.2 Å². The van der Waals surface area contributed by atoms with Gasteiger partial charge in [-0.1, -0.05) is 24.3 Å². The lowest BCUT2D eigenvalue weighted by atomic mass is 9.93. The maximum absolute atomic E-state index is 12.0. The van der Waals surface area contributed by atoms with Gasteiger partial charge in [0.25, 0.3) is 5.91 Å². The Balaban J connectivity index is 2.09. The summed E-state index contributed by atoms with van der Waals surface area (Å²) < 4.78 is 0. The first-order chi connectivity index (χ1) is 8.22. The van der Waals surface area contributed by atoms with E-state index in [0.717, 1.165) is 19.3 Å². The third-order valence-electron chi connectivity index (χ3n) is 2.99. The van der Waals surface area contributed by atoms with Gasteiger partial charge < -0.3 is 5.32 Å². The fourth-order valence-electron chi connectivity index (χ4n) is 2.09. The summed E-state index contributed by atoms with van der Waals surface area (Å²) in [4.78, 5) is 13.6. The number of nitrogens with zero attached hydrogens (tertiary/aromatic N) is 1. The first kappa shape index (κ1) is 12.0. The molecule has 1 unspecified atom stereocenters. The molecule has 17 heavy (non-hydrogen) atoms. The molecule has 1 saturated heterocycles. The molecule has 0 radical (unpaired) electrons. The van der Waals surface area contributed by atoms with Crippen LogP contribution in [-0.2, 0) is 4.79 Å². The van der Waals surface area contributed by atoms with Gasteiger partial charge in [-0.05, 0) is 37.4 Å². The molecule has 0 spiro atoms. The smallest absolute Gasteiger partial charge is 0.276 e. The molecule has 0 aromatic rings. The van der Waals surface area contributed by atoms with Crippen LogP contribution >= 0.6 is 12.2 Å². The van der Waals surface area contributed by atoms with E-state index in [1.165, 1.54) is 4.90 Å². The van der Waals surface area contributed by atoms with Crippen LogP contribution in [0.1, 0.15) is 19.3 Å². The van der Waals surface area contributed by atoms with Crippen molar-refractivity contribution in [1.82, 2.24) is 10.2 Å². The number of hydrogen-bond acceptors (Lipinski definition) is 2. The fraction of sp³-hybridized carbons (Fsp3) is 0.385.